The molecule has 0 aliphatic heterocycles. The van der Waals surface area contributed by atoms with Gasteiger partial charge in [0, 0.05) is 19.1 Å². The summed E-state index contributed by atoms with van der Waals surface area (Å²) in [6.45, 7) is 1.98. The van der Waals surface area contributed by atoms with Gasteiger partial charge in [0.25, 0.3) is 5.92 Å². The molecule has 90 valence electrons. The molecule has 0 amide bonds. The summed E-state index contributed by atoms with van der Waals surface area (Å²) < 4.78 is 50.2. The van der Waals surface area contributed by atoms with E-state index < -0.39 is 18.3 Å². The monoisotopic (exact) mass is 246 g/mol. The van der Waals surface area contributed by atoms with Crippen molar-refractivity contribution in [1.82, 2.24) is 0 Å². The molecule has 0 aliphatic carbocycles. The summed E-state index contributed by atoms with van der Waals surface area (Å²) in [4.78, 5) is 10.8. The topological polar surface area (TPSA) is 17.1 Å². The van der Waals surface area contributed by atoms with Gasteiger partial charge in [-0.1, -0.05) is 18.7 Å². The highest BCUT2D eigenvalue weighted by molar-refractivity contribution is 8.13. The van der Waals surface area contributed by atoms with Crippen molar-refractivity contribution in [3.05, 3.63) is 0 Å². The Balaban J connectivity index is 3.84. The van der Waals surface area contributed by atoms with Gasteiger partial charge in [-0.2, -0.15) is 0 Å². The predicted octanol–water partition coefficient (Wildman–Crippen LogP) is 3.38. The smallest absolute Gasteiger partial charge is 0.278 e. The van der Waals surface area contributed by atoms with Gasteiger partial charge in [0.1, 0.15) is 6.17 Å². The highest BCUT2D eigenvalue weighted by Crippen LogP contribution is 2.27. The van der Waals surface area contributed by atoms with Gasteiger partial charge in [-0.05, 0) is 6.42 Å². The molecule has 6 heteroatoms. The van der Waals surface area contributed by atoms with E-state index in [9.17, 15) is 22.4 Å². The van der Waals surface area contributed by atoms with E-state index in [1.165, 1.54) is 0 Å². The summed E-state index contributed by atoms with van der Waals surface area (Å²) in [5, 5.41) is -0.152. The summed E-state index contributed by atoms with van der Waals surface area (Å²) in [6, 6.07) is 0. The lowest BCUT2D eigenvalue weighted by atomic mass is 10.1. The van der Waals surface area contributed by atoms with Crippen molar-refractivity contribution >= 4 is 16.9 Å². The molecule has 0 aromatic heterocycles. The van der Waals surface area contributed by atoms with Crippen LogP contribution in [0.1, 0.15) is 26.7 Å². The number of rotatable bonds is 6. The average molecular weight is 246 g/mol. The molecule has 0 aromatic carbocycles. The number of alkyl halides is 4. The zero-order valence-electron chi connectivity index (χ0n) is 8.60. The van der Waals surface area contributed by atoms with Gasteiger partial charge >= 0.3 is 0 Å². The van der Waals surface area contributed by atoms with Crippen molar-refractivity contribution in [3.8, 4) is 0 Å². The second-order valence-electron chi connectivity index (χ2n) is 3.24. The molecular weight excluding hydrogens is 232 g/mol. The Labute approximate surface area is 90.6 Å². The summed E-state index contributed by atoms with van der Waals surface area (Å²) >= 11 is 0.842. The van der Waals surface area contributed by atoms with Crippen LogP contribution in [0.25, 0.3) is 0 Å². The van der Waals surface area contributed by atoms with Crippen LogP contribution in [-0.2, 0) is 4.79 Å². The van der Waals surface area contributed by atoms with Crippen molar-refractivity contribution in [2.45, 2.75) is 45.0 Å². The van der Waals surface area contributed by atoms with Crippen LogP contribution in [0, 0.1) is 0 Å². The molecule has 2 unspecified atom stereocenters. The van der Waals surface area contributed by atoms with Gasteiger partial charge in [-0.15, -0.1) is 0 Å². The Morgan fingerprint density at radius 2 is 1.93 bits per heavy atom. The number of hydrogen-bond donors (Lipinski definition) is 0. The quantitative estimate of drug-likeness (QED) is 0.668. The van der Waals surface area contributed by atoms with Crippen LogP contribution in [0.4, 0.5) is 17.6 Å². The predicted molar refractivity (Wildman–Crippen MR) is 52.8 cm³/mol. The lowest BCUT2D eigenvalue weighted by Crippen LogP contribution is -2.35. The summed E-state index contributed by atoms with van der Waals surface area (Å²) in [5.41, 5.74) is 0. The standard InChI is InChI=1S/C9H14F4OS/c1-3-7(14)15-5-4-6(10)8(11)9(2,12)13/h6,8H,3-5H2,1-2H3. The molecule has 0 rings (SSSR count). The van der Waals surface area contributed by atoms with E-state index in [4.69, 9.17) is 0 Å². The Kier molecular flexibility index (Phi) is 6.24. The van der Waals surface area contributed by atoms with Gasteiger partial charge in [0.05, 0.1) is 0 Å². The molecule has 15 heavy (non-hydrogen) atoms. The molecule has 0 aliphatic rings. The maximum atomic E-state index is 12.9. The van der Waals surface area contributed by atoms with E-state index in [1.807, 2.05) is 0 Å². The van der Waals surface area contributed by atoms with Crippen molar-refractivity contribution < 1.29 is 22.4 Å². The highest BCUT2D eigenvalue weighted by Gasteiger charge is 2.40. The average Bonchev–Trinajstić information content (AvgIpc) is 2.14. The number of hydrogen-bond acceptors (Lipinski definition) is 2. The second-order valence-corrected chi connectivity index (χ2v) is 4.39. The normalized spacial score (nSPS) is 16.1. The Hall–Kier alpha value is -0.260. The van der Waals surface area contributed by atoms with Crippen molar-refractivity contribution in [2.24, 2.45) is 0 Å². The van der Waals surface area contributed by atoms with Crippen molar-refractivity contribution in [1.29, 1.82) is 0 Å². The first kappa shape index (κ1) is 14.7. The van der Waals surface area contributed by atoms with Crippen LogP contribution in [-0.4, -0.2) is 29.1 Å². The Bertz CT molecular complexity index is 205. The molecule has 0 saturated carbocycles. The van der Waals surface area contributed by atoms with E-state index in [0.29, 0.717) is 13.3 Å². The largest absolute Gasteiger partial charge is 0.287 e. The molecular formula is C9H14F4OS. The Morgan fingerprint density at radius 3 is 2.33 bits per heavy atom. The first-order valence-corrected chi connectivity index (χ1v) is 5.59. The zero-order chi connectivity index (χ0) is 12.1. The van der Waals surface area contributed by atoms with E-state index in [2.05, 4.69) is 0 Å². The summed E-state index contributed by atoms with van der Waals surface area (Å²) in [5.74, 6) is -3.64. The lowest BCUT2D eigenvalue weighted by Gasteiger charge is -2.19. The Morgan fingerprint density at radius 1 is 1.40 bits per heavy atom. The SMILES string of the molecule is CCC(=O)SCCC(F)C(F)C(C)(F)F. The molecule has 1 nitrogen and oxygen atoms in total. The minimum absolute atomic E-state index is 0.0321. The van der Waals surface area contributed by atoms with Crippen molar-refractivity contribution in [2.75, 3.05) is 5.75 Å². The molecule has 0 spiro atoms. The minimum Gasteiger partial charge on any atom is -0.287 e. The number of carbonyl (C=O) groups excluding carboxylic acids is 1. The third kappa shape index (κ3) is 6.02. The summed E-state index contributed by atoms with van der Waals surface area (Å²) in [6.07, 6.45) is -5.09. The molecule has 2 atom stereocenters. The molecule has 0 aromatic rings. The van der Waals surface area contributed by atoms with Gasteiger partial charge in [-0.25, -0.2) is 17.6 Å². The zero-order valence-corrected chi connectivity index (χ0v) is 9.42. The van der Waals surface area contributed by atoms with Crippen LogP contribution in [0.2, 0.25) is 0 Å². The number of thioether (sulfide) groups is 1. The maximum Gasteiger partial charge on any atom is 0.278 e. The van der Waals surface area contributed by atoms with Crippen LogP contribution in [0.5, 0.6) is 0 Å². The second kappa shape index (κ2) is 6.35. The molecule has 0 N–H and O–H groups in total. The fraction of sp³-hybridized carbons (Fsp3) is 0.889. The molecule has 0 radical (unpaired) electrons. The van der Waals surface area contributed by atoms with E-state index in [-0.39, 0.29) is 17.3 Å². The van der Waals surface area contributed by atoms with E-state index >= 15 is 0 Å². The number of carbonyl (C=O) groups is 1. The molecule has 0 saturated heterocycles. The first-order chi connectivity index (χ1) is 6.79. The lowest BCUT2D eigenvalue weighted by molar-refractivity contribution is -0.110. The van der Waals surface area contributed by atoms with Crippen LogP contribution in [0.15, 0.2) is 0 Å². The van der Waals surface area contributed by atoms with Gasteiger partial charge in [-0.3, -0.25) is 4.79 Å². The van der Waals surface area contributed by atoms with Crippen LogP contribution in [0.3, 0.4) is 0 Å². The fourth-order valence-electron chi connectivity index (χ4n) is 0.851. The number of halogens is 4. The summed E-state index contributed by atoms with van der Waals surface area (Å²) in [7, 11) is 0. The van der Waals surface area contributed by atoms with Gasteiger partial charge in [0.15, 0.2) is 11.3 Å². The highest BCUT2D eigenvalue weighted by atomic mass is 32.2. The third-order valence-corrected chi connectivity index (χ3v) is 2.80. The van der Waals surface area contributed by atoms with Gasteiger partial charge in [0.2, 0.25) is 0 Å². The van der Waals surface area contributed by atoms with Crippen LogP contribution >= 0.6 is 11.8 Å². The van der Waals surface area contributed by atoms with E-state index in [0.717, 1.165) is 11.8 Å². The fourth-order valence-corrected chi connectivity index (χ4v) is 1.63. The molecule has 0 fully saturated rings. The third-order valence-electron chi connectivity index (χ3n) is 1.75. The maximum absolute atomic E-state index is 12.9. The minimum atomic E-state index is -3.67. The molecule has 0 bridgehead atoms. The van der Waals surface area contributed by atoms with Gasteiger partial charge < -0.3 is 0 Å². The van der Waals surface area contributed by atoms with Crippen LogP contribution < -0.4 is 0 Å². The first-order valence-electron chi connectivity index (χ1n) is 4.60. The molecule has 0 heterocycles. The van der Waals surface area contributed by atoms with Crippen molar-refractivity contribution in [3.63, 3.8) is 0 Å². The van der Waals surface area contributed by atoms with E-state index in [1.54, 1.807) is 6.92 Å².